The fraction of sp³-hybridized carbons (Fsp3) is 0.148. The number of thiazole rings is 1. The molecule has 0 radical (unpaired) electrons. The number of hydrogen-bond donors (Lipinski definition) is 1. The molecule has 0 aliphatic carbocycles. The standard InChI is InChI=1S/C27H22BrCl2N3O3S2/c1-2-35-24-12-17(11-20(28)26(24)36-14-19-21(29)9-6-10-22(19)30)13-31-33-25(34)16-38-27-32-23(15-37-27)18-7-4-3-5-8-18/h3-13,15H,2,14,16H2,1H3,(H,33,34)/b31-13+. The minimum Gasteiger partial charge on any atom is -0.490 e. The van der Waals surface area contributed by atoms with Gasteiger partial charge in [-0.15, -0.1) is 11.3 Å². The molecule has 3 aromatic carbocycles. The topological polar surface area (TPSA) is 72.8 Å². The number of ether oxygens (including phenoxy) is 2. The first-order valence-corrected chi connectivity index (χ1v) is 14.8. The number of thioether (sulfide) groups is 1. The Hall–Kier alpha value is -2.56. The Labute approximate surface area is 247 Å². The van der Waals surface area contributed by atoms with E-state index in [2.05, 4.69) is 31.4 Å². The molecule has 0 aliphatic rings. The van der Waals surface area contributed by atoms with E-state index in [9.17, 15) is 4.79 Å². The molecule has 196 valence electrons. The van der Waals surface area contributed by atoms with Gasteiger partial charge in [-0.25, -0.2) is 10.4 Å². The molecule has 11 heteroatoms. The Morgan fingerprint density at radius 1 is 1.13 bits per heavy atom. The second-order valence-corrected chi connectivity index (χ2v) is 11.4. The normalized spacial score (nSPS) is 11.1. The molecule has 38 heavy (non-hydrogen) atoms. The summed E-state index contributed by atoms with van der Waals surface area (Å²) < 4.78 is 13.3. The summed E-state index contributed by atoms with van der Waals surface area (Å²) in [6.45, 7) is 2.49. The minimum atomic E-state index is -0.233. The number of carbonyl (C=O) groups excluding carboxylic acids is 1. The predicted octanol–water partition coefficient (Wildman–Crippen LogP) is 8.10. The molecule has 0 fully saturated rings. The average molecular weight is 651 g/mol. The number of aromatic nitrogens is 1. The molecule has 0 saturated carbocycles. The smallest absolute Gasteiger partial charge is 0.250 e. The molecule has 4 rings (SSSR count). The SMILES string of the molecule is CCOc1cc(/C=N/NC(=O)CSc2nc(-c3ccccc3)cs2)cc(Br)c1OCc1c(Cl)cccc1Cl. The third-order valence-corrected chi connectivity index (χ3v) is 8.35. The zero-order chi connectivity index (χ0) is 26.9. The Kier molecular flexibility index (Phi) is 10.5. The van der Waals surface area contributed by atoms with Gasteiger partial charge < -0.3 is 9.47 Å². The highest BCUT2D eigenvalue weighted by atomic mass is 79.9. The molecule has 1 N–H and O–H groups in total. The van der Waals surface area contributed by atoms with Gasteiger partial charge >= 0.3 is 0 Å². The van der Waals surface area contributed by atoms with Crippen molar-refractivity contribution in [2.24, 2.45) is 5.10 Å². The molecule has 1 heterocycles. The van der Waals surface area contributed by atoms with E-state index in [4.69, 9.17) is 32.7 Å². The lowest BCUT2D eigenvalue weighted by Gasteiger charge is -2.15. The van der Waals surface area contributed by atoms with Crippen molar-refractivity contribution in [3.8, 4) is 22.8 Å². The van der Waals surface area contributed by atoms with E-state index in [0.29, 0.717) is 43.8 Å². The van der Waals surface area contributed by atoms with Crippen LogP contribution in [-0.4, -0.2) is 29.5 Å². The van der Waals surface area contributed by atoms with Crippen LogP contribution in [0.2, 0.25) is 10.0 Å². The van der Waals surface area contributed by atoms with Crippen LogP contribution in [0.3, 0.4) is 0 Å². The van der Waals surface area contributed by atoms with E-state index in [1.165, 1.54) is 23.1 Å². The summed E-state index contributed by atoms with van der Waals surface area (Å²) in [5.74, 6) is 0.998. The molecule has 1 aromatic heterocycles. The molecule has 0 atom stereocenters. The number of nitrogens with one attached hydrogen (secondary N) is 1. The largest absolute Gasteiger partial charge is 0.490 e. The van der Waals surface area contributed by atoms with Crippen molar-refractivity contribution < 1.29 is 14.3 Å². The van der Waals surface area contributed by atoms with Crippen molar-refractivity contribution in [3.63, 3.8) is 0 Å². The van der Waals surface area contributed by atoms with Gasteiger partial charge in [-0.05, 0) is 52.7 Å². The molecule has 1 amide bonds. The van der Waals surface area contributed by atoms with Crippen molar-refractivity contribution in [1.29, 1.82) is 0 Å². The number of halogens is 3. The van der Waals surface area contributed by atoms with Crippen LogP contribution >= 0.6 is 62.2 Å². The average Bonchev–Trinajstić information content (AvgIpc) is 3.38. The zero-order valence-electron chi connectivity index (χ0n) is 20.1. The van der Waals surface area contributed by atoms with Crippen LogP contribution in [0, 0.1) is 0 Å². The van der Waals surface area contributed by atoms with E-state index in [0.717, 1.165) is 15.6 Å². The van der Waals surface area contributed by atoms with E-state index >= 15 is 0 Å². The Morgan fingerprint density at radius 3 is 2.63 bits per heavy atom. The molecule has 0 aliphatic heterocycles. The van der Waals surface area contributed by atoms with Crippen LogP contribution in [0.1, 0.15) is 18.1 Å². The molecule has 0 spiro atoms. The van der Waals surface area contributed by atoms with E-state index in [1.54, 1.807) is 30.5 Å². The highest BCUT2D eigenvalue weighted by Crippen LogP contribution is 2.38. The highest BCUT2D eigenvalue weighted by molar-refractivity contribution is 9.10. The summed E-state index contributed by atoms with van der Waals surface area (Å²) in [6, 6.07) is 18.8. The van der Waals surface area contributed by atoms with Gasteiger partial charge in [0, 0.05) is 26.6 Å². The number of rotatable bonds is 11. The van der Waals surface area contributed by atoms with Crippen molar-refractivity contribution in [2.45, 2.75) is 17.9 Å². The van der Waals surface area contributed by atoms with Crippen molar-refractivity contribution in [1.82, 2.24) is 10.4 Å². The van der Waals surface area contributed by atoms with Gasteiger partial charge in [-0.2, -0.15) is 5.10 Å². The molecule has 4 aromatic rings. The summed E-state index contributed by atoms with van der Waals surface area (Å²) in [4.78, 5) is 16.9. The first kappa shape index (κ1) is 28.4. The van der Waals surface area contributed by atoms with Gasteiger partial charge in [0.05, 0.1) is 28.7 Å². The second-order valence-electron chi connectivity index (χ2n) is 7.70. The third kappa shape index (κ3) is 7.74. The quantitative estimate of drug-likeness (QED) is 0.101. The number of carbonyl (C=O) groups is 1. The van der Waals surface area contributed by atoms with Crippen molar-refractivity contribution in [2.75, 3.05) is 12.4 Å². The lowest BCUT2D eigenvalue weighted by molar-refractivity contribution is -0.118. The van der Waals surface area contributed by atoms with Gasteiger partial charge in [-0.3, -0.25) is 4.79 Å². The van der Waals surface area contributed by atoms with Crippen LogP contribution in [0.25, 0.3) is 11.3 Å². The minimum absolute atomic E-state index is 0.171. The summed E-state index contributed by atoms with van der Waals surface area (Å²) in [7, 11) is 0. The molecule has 0 saturated heterocycles. The van der Waals surface area contributed by atoms with Gasteiger partial charge in [0.15, 0.2) is 15.8 Å². The van der Waals surface area contributed by atoms with Gasteiger partial charge in [0.1, 0.15) is 6.61 Å². The Bertz CT molecular complexity index is 1410. The second kappa shape index (κ2) is 14.0. The summed E-state index contributed by atoms with van der Waals surface area (Å²) in [6.07, 6.45) is 1.54. The summed E-state index contributed by atoms with van der Waals surface area (Å²) in [5, 5.41) is 7.12. The van der Waals surface area contributed by atoms with Gasteiger partial charge in [0.2, 0.25) is 0 Å². The molecule has 6 nitrogen and oxygen atoms in total. The number of hydrogen-bond acceptors (Lipinski definition) is 7. The maximum Gasteiger partial charge on any atom is 0.250 e. The lowest BCUT2D eigenvalue weighted by atomic mass is 10.2. The Morgan fingerprint density at radius 2 is 1.89 bits per heavy atom. The first-order chi connectivity index (χ1) is 18.4. The summed E-state index contributed by atoms with van der Waals surface area (Å²) >= 11 is 18.9. The predicted molar refractivity (Wildman–Crippen MR) is 160 cm³/mol. The van der Waals surface area contributed by atoms with Crippen LogP contribution in [-0.2, 0) is 11.4 Å². The van der Waals surface area contributed by atoms with Crippen molar-refractivity contribution >= 4 is 74.4 Å². The van der Waals surface area contributed by atoms with Crippen LogP contribution in [0.4, 0.5) is 0 Å². The molecular weight excluding hydrogens is 629 g/mol. The number of nitrogens with zero attached hydrogens (tertiary/aromatic N) is 2. The monoisotopic (exact) mass is 649 g/mol. The van der Waals surface area contributed by atoms with Gasteiger partial charge in [-0.1, -0.05) is 71.4 Å². The maximum atomic E-state index is 12.3. The fourth-order valence-corrected chi connectivity index (χ4v) is 5.99. The maximum absolute atomic E-state index is 12.3. The molecular formula is C27H22BrCl2N3O3S2. The third-order valence-electron chi connectivity index (χ3n) is 5.04. The molecule has 0 bridgehead atoms. The first-order valence-electron chi connectivity index (χ1n) is 11.4. The van der Waals surface area contributed by atoms with Crippen molar-refractivity contribution in [3.05, 3.63) is 91.7 Å². The van der Waals surface area contributed by atoms with Gasteiger partial charge in [0.25, 0.3) is 5.91 Å². The highest BCUT2D eigenvalue weighted by Gasteiger charge is 2.14. The zero-order valence-corrected chi connectivity index (χ0v) is 24.8. The van der Waals surface area contributed by atoms with E-state index < -0.39 is 0 Å². The fourth-order valence-electron chi connectivity index (χ4n) is 3.28. The van der Waals surface area contributed by atoms with Crippen LogP contribution in [0.5, 0.6) is 11.5 Å². The lowest BCUT2D eigenvalue weighted by Crippen LogP contribution is -2.19. The Balaban J connectivity index is 1.35. The van der Waals surface area contributed by atoms with E-state index in [-0.39, 0.29) is 18.3 Å². The van der Waals surface area contributed by atoms with Crippen LogP contribution < -0.4 is 14.9 Å². The van der Waals surface area contributed by atoms with Crippen LogP contribution in [0.15, 0.2) is 80.0 Å². The molecule has 0 unspecified atom stereocenters. The number of hydrazone groups is 1. The number of amides is 1. The van der Waals surface area contributed by atoms with E-state index in [1.807, 2.05) is 48.7 Å². The summed E-state index contributed by atoms with van der Waals surface area (Å²) in [5.41, 5.74) is 5.90. The number of benzene rings is 3.